The van der Waals surface area contributed by atoms with Crippen LogP contribution in [0.25, 0.3) is 0 Å². The maximum Gasteiger partial charge on any atom is 0.309 e. The van der Waals surface area contributed by atoms with Gasteiger partial charge in [-0.05, 0) is 27.7 Å². The first-order valence-electron chi connectivity index (χ1n) is 4.97. The van der Waals surface area contributed by atoms with Crippen molar-refractivity contribution in [2.75, 3.05) is 0 Å². The molecule has 6 heteroatoms. The zero-order chi connectivity index (χ0) is 12.9. The topological polar surface area (TPSA) is 97.7 Å². The molecular formula is C10H16NO5. The van der Waals surface area contributed by atoms with E-state index in [0.29, 0.717) is 5.06 Å². The van der Waals surface area contributed by atoms with Crippen LogP contribution >= 0.6 is 0 Å². The molecule has 2 N–H and O–H groups in total. The normalized spacial score (nSPS) is 32.6. The van der Waals surface area contributed by atoms with Gasteiger partial charge in [-0.3, -0.25) is 9.59 Å². The molecule has 0 saturated carbocycles. The van der Waals surface area contributed by atoms with Crippen molar-refractivity contribution in [1.29, 1.82) is 0 Å². The Morgan fingerprint density at radius 3 is 1.38 bits per heavy atom. The van der Waals surface area contributed by atoms with E-state index in [2.05, 4.69) is 0 Å². The molecular weight excluding hydrogens is 214 g/mol. The van der Waals surface area contributed by atoms with E-state index in [1.807, 2.05) is 0 Å². The number of carboxylic acids is 2. The molecule has 91 valence electrons. The standard InChI is InChI=1S/C10H16NO5/c1-9(2)5(7(12)13)6(8(14)15)10(3,4)11(9)16/h5-6H,1-4H3,(H,12,13)(H,14,15)/t5-,6+. The summed E-state index contributed by atoms with van der Waals surface area (Å²) >= 11 is 0. The van der Waals surface area contributed by atoms with Gasteiger partial charge in [-0.1, -0.05) is 0 Å². The second-order valence-electron chi connectivity index (χ2n) is 5.23. The van der Waals surface area contributed by atoms with Crippen LogP contribution in [-0.4, -0.2) is 38.3 Å². The van der Waals surface area contributed by atoms with Gasteiger partial charge in [0.1, 0.15) is 0 Å². The molecule has 0 aliphatic carbocycles. The summed E-state index contributed by atoms with van der Waals surface area (Å²) < 4.78 is 0. The van der Waals surface area contributed by atoms with E-state index in [-0.39, 0.29) is 0 Å². The SMILES string of the molecule is CC1(C)[C@H](C(=O)O)[C@H](C(=O)O)C(C)(C)N1[O]. The molecule has 0 spiro atoms. The number of hydroxylamine groups is 2. The van der Waals surface area contributed by atoms with Crippen LogP contribution in [0.1, 0.15) is 27.7 Å². The van der Waals surface area contributed by atoms with Gasteiger partial charge in [-0.2, -0.15) is 0 Å². The van der Waals surface area contributed by atoms with E-state index in [4.69, 9.17) is 10.2 Å². The zero-order valence-corrected chi connectivity index (χ0v) is 9.72. The Labute approximate surface area is 93.4 Å². The Hall–Kier alpha value is -1.14. The summed E-state index contributed by atoms with van der Waals surface area (Å²) in [5.74, 6) is -4.91. The summed E-state index contributed by atoms with van der Waals surface area (Å²) in [6.07, 6.45) is 0. The minimum Gasteiger partial charge on any atom is -0.481 e. The fourth-order valence-corrected chi connectivity index (χ4v) is 2.70. The number of aliphatic carboxylic acids is 2. The first-order valence-corrected chi connectivity index (χ1v) is 4.97. The Kier molecular flexibility index (Phi) is 2.77. The van der Waals surface area contributed by atoms with Crippen molar-refractivity contribution in [2.24, 2.45) is 11.8 Å². The summed E-state index contributed by atoms with van der Waals surface area (Å²) in [5, 5.41) is 30.7. The van der Waals surface area contributed by atoms with Gasteiger partial charge in [0.25, 0.3) is 0 Å². The fraction of sp³-hybridized carbons (Fsp3) is 0.800. The molecule has 1 rings (SSSR count). The highest BCUT2D eigenvalue weighted by Crippen LogP contribution is 2.48. The lowest BCUT2D eigenvalue weighted by Gasteiger charge is -2.32. The molecule has 1 saturated heterocycles. The van der Waals surface area contributed by atoms with E-state index in [1.54, 1.807) is 0 Å². The van der Waals surface area contributed by atoms with Crippen molar-refractivity contribution in [3.63, 3.8) is 0 Å². The lowest BCUT2D eigenvalue weighted by molar-refractivity contribution is -0.251. The molecule has 16 heavy (non-hydrogen) atoms. The quantitative estimate of drug-likeness (QED) is 0.724. The van der Waals surface area contributed by atoms with Crippen LogP contribution < -0.4 is 0 Å². The average molecular weight is 230 g/mol. The predicted molar refractivity (Wildman–Crippen MR) is 52.9 cm³/mol. The molecule has 0 unspecified atom stereocenters. The minimum absolute atomic E-state index is 0.595. The van der Waals surface area contributed by atoms with Gasteiger partial charge < -0.3 is 10.2 Å². The Morgan fingerprint density at radius 2 is 1.19 bits per heavy atom. The second-order valence-corrected chi connectivity index (χ2v) is 5.23. The van der Waals surface area contributed by atoms with Crippen LogP contribution in [0.15, 0.2) is 0 Å². The van der Waals surface area contributed by atoms with Crippen LogP contribution in [0.2, 0.25) is 0 Å². The molecule has 1 radical (unpaired) electrons. The van der Waals surface area contributed by atoms with E-state index < -0.39 is 34.9 Å². The number of hydrogen-bond acceptors (Lipinski definition) is 3. The summed E-state index contributed by atoms with van der Waals surface area (Å²) in [7, 11) is 0. The number of rotatable bonds is 2. The van der Waals surface area contributed by atoms with Crippen molar-refractivity contribution in [2.45, 2.75) is 38.8 Å². The van der Waals surface area contributed by atoms with Crippen LogP contribution in [0, 0.1) is 11.8 Å². The van der Waals surface area contributed by atoms with E-state index in [9.17, 15) is 14.8 Å². The van der Waals surface area contributed by atoms with Crippen LogP contribution in [-0.2, 0) is 14.8 Å². The third-order valence-corrected chi connectivity index (χ3v) is 3.43. The number of nitrogens with zero attached hydrogens (tertiary/aromatic N) is 1. The third-order valence-electron chi connectivity index (χ3n) is 3.43. The molecule has 0 aromatic rings. The van der Waals surface area contributed by atoms with Crippen molar-refractivity contribution >= 4 is 11.9 Å². The Balaban J connectivity index is 3.34. The van der Waals surface area contributed by atoms with E-state index >= 15 is 0 Å². The zero-order valence-electron chi connectivity index (χ0n) is 9.72. The summed E-state index contributed by atoms with van der Waals surface area (Å²) in [6.45, 7) is 5.85. The minimum atomic E-state index is -1.25. The maximum absolute atomic E-state index is 12.0. The van der Waals surface area contributed by atoms with Crippen molar-refractivity contribution < 1.29 is 25.0 Å². The molecule has 6 nitrogen and oxygen atoms in total. The lowest BCUT2D eigenvalue weighted by Crippen LogP contribution is -2.48. The summed E-state index contributed by atoms with van der Waals surface area (Å²) in [4.78, 5) is 22.3. The first kappa shape index (κ1) is 12.9. The molecule has 2 atom stereocenters. The first-order chi connectivity index (χ1) is 7.04. The van der Waals surface area contributed by atoms with Crippen molar-refractivity contribution in [1.82, 2.24) is 5.06 Å². The van der Waals surface area contributed by atoms with Gasteiger partial charge in [0.15, 0.2) is 0 Å². The smallest absolute Gasteiger partial charge is 0.309 e. The molecule has 1 aliphatic rings. The van der Waals surface area contributed by atoms with Gasteiger partial charge in [-0.15, -0.1) is 10.3 Å². The van der Waals surface area contributed by atoms with E-state index in [0.717, 1.165) is 0 Å². The number of carboxylic acid groups (broad SMARTS) is 2. The van der Waals surface area contributed by atoms with Gasteiger partial charge in [0.2, 0.25) is 0 Å². The number of hydrogen-bond donors (Lipinski definition) is 2. The van der Waals surface area contributed by atoms with Gasteiger partial charge in [0, 0.05) is 0 Å². The molecule has 1 aliphatic heterocycles. The third kappa shape index (κ3) is 1.49. The summed E-state index contributed by atoms with van der Waals surface area (Å²) in [5.41, 5.74) is -2.45. The average Bonchev–Trinajstić information content (AvgIpc) is 2.23. The molecule has 1 fully saturated rings. The molecule has 0 aromatic heterocycles. The maximum atomic E-state index is 12.0. The van der Waals surface area contributed by atoms with Crippen LogP contribution in [0.3, 0.4) is 0 Å². The monoisotopic (exact) mass is 230 g/mol. The summed E-state index contributed by atoms with van der Waals surface area (Å²) in [6, 6.07) is 0. The highest BCUT2D eigenvalue weighted by molar-refractivity contribution is 5.83. The Bertz CT molecular complexity index is 304. The van der Waals surface area contributed by atoms with Gasteiger partial charge in [0.05, 0.1) is 22.9 Å². The van der Waals surface area contributed by atoms with Crippen molar-refractivity contribution in [3.05, 3.63) is 0 Å². The highest BCUT2D eigenvalue weighted by Gasteiger charge is 2.64. The molecule has 0 bridgehead atoms. The molecule has 1 heterocycles. The highest BCUT2D eigenvalue weighted by atomic mass is 16.5. The van der Waals surface area contributed by atoms with Gasteiger partial charge in [-0.25, -0.2) is 0 Å². The molecule has 0 aromatic carbocycles. The fourth-order valence-electron chi connectivity index (χ4n) is 2.70. The van der Waals surface area contributed by atoms with Crippen molar-refractivity contribution in [3.8, 4) is 0 Å². The Morgan fingerprint density at radius 1 is 0.938 bits per heavy atom. The van der Waals surface area contributed by atoms with Crippen LogP contribution in [0.5, 0.6) is 0 Å². The largest absolute Gasteiger partial charge is 0.481 e. The van der Waals surface area contributed by atoms with E-state index in [1.165, 1.54) is 27.7 Å². The lowest BCUT2D eigenvalue weighted by atomic mass is 9.77. The predicted octanol–water partition coefficient (Wildman–Crippen LogP) is 0.606. The van der Waals surface area contributed by atoms with Gasteiger partial charge >= 0.3 is 11.9 Å². The number of carbonyl (C=O) groups is 2. The molecule has 0 amide bonds. The second kappa shape index (κ2) is 3.43. The van der Waals surface area contributed by atoms with Crippen LogP contribution in [0.4, 0.5) is 0 Å².